The molecule has 1 rings (SSSR count). The van der Waals surface area contributed by atoms with Gasteiger partial charge in [-0.15, -0.1) is 0 Å². The molecule has 0 saturated heterocycles. The summed E-state index contributed by atoms with van der Waals surface area (Å²) in [7, 11) is 0. The van der Waals surface area contributed by atoms with E-state index in [-0.39, 0.29) is 0 Å². The van der Waals surface area contributed by atoms with Gasteiger partial charge < -0.3 is 5.32 Å². The average Bonchev–Trinajstić information content (AvgIpc) is 2.16. The number of hydrogen-bond donors (Lipinski definition) is 1. The van der Waals surface area contributed by atoms with Crippen molar-refractivity contribution < 1.29 is 0 Å². The van der Waals surface area contributed by atoms with Crippen LogP contribution in [0.2, 0.25) is 0 Å². The monoisotopic (exact) mass is 223 g/mol. The lowest BCUT2D eigenvalue weighted by molar-refractivity contribution is 0.116. The first-order valence-electron chi connectivity index (χ1n) is 6.83. The highest BCUT2D eigenvalue weighted by molar-refractivity contribution is 4.93. The summed E-state index contributed by atoms with van der Waals surface area (Å²) < 4.78 is 0. The first-order valence-corrected chi connectivity index (χ1v) is 6.83. The molecular weight excluding hydrogens is 194 g/mol. The van der Waals surface area contributed by atoms with Crippen molar-refractivity contribution in [2.45, 2.75) is 59.9 Å². The molecule has 0 amide bonds. The van der Waals surface area contributed by atoms with E-state index in [4.69, 9.17) is 0 Å². The van der Waals surface area contributed by atoms with Crippen LogP contribution in [0.25, 0.3) is 0 Å². The minimum Gasteiger partial charge on any atom is -0.386 e. The van der Waals surface area contributed by atoms with Gasteiger partial charge in [-0.3, -0.25) is 0 Å². The molecule has 94 valence electrons. The van der Waals surface area contributed by atoms with E-state index in [0.717, 1.165) is 29.4 Å². The molecule has 0 aromatic heterocycles. The van der Waals surface area contributed by atoms with E-state index in [1.165, 1.54) is 19.3 Å². The van der Waals surface area contributed by atoms with E-state index in [9.17, 15) is 0 Å². The van der Waals surface area contributed by atoms with Crippen LogP contribution in [0.5, 0.6) is 0 Å². The Balaban J connectivity index is 2.61. The van der Waals surface area contributed by atoms with Gasteiger partial charge in [0, 0.05) is 11.7 Å². The molecule has 1 aliphatic carbocycles. The van der Waals surface area contributed by atoms with Crippen LogP contribution in [0.3, 0.4) is 0 Å². The molecule has 1 fully saturated rings. The van der Waals surface area contributed by atoms with Crippen molar-refractivity contribution in [3.63, 3.8) is 0 Å². The lowest BCUT2D eigenvalue weighted by Gasteiger charge is -2.41. The molecule has 1 N–H and O–H groups in total. The molecule has 1 heteroatoms. The highest BCUT2D eigenvalue weighted by atomic mass is 14.9. The maximum Gasteiger partial charge on any atom is 0.0260 e. The lowest BCUT2D eigenvalue weighted by atomic mass is 9.67. The van der Waals surface area contributed by atoms with Crippen LogP contribution in [0.15, 0.2) is 12.3 Å². The van der Waals surface area contributed by atoms with Crippen molar-refractivity contribution >= 4 is 0 Å². The Morgan fingerprint density at radius 1 is 1.06 bits per heavy atom. The van der Waals surface area contributed by atoms with E-state index >= 15 is 0 Å². The number of allylic oxidation sites excluding steroid dienone is 1. The van der Waals surface area contributed by atoms with E-state index in [1.807, 2.05) is 0 Å². The molecule has 16 heavy (non-hydrogen) atoms. The topological polar surface area (TPSA) is 12.0 Å². The van der Waals surface area contributed by atoms with Crippen molar-refractivity contribution in [2.75, 3.05) is 0 Å². The lowest BCUT2D eigenvalue weighted by Crippen LogP contribution is -2.40. The standard InChI is InChI=1S/C15H29N/c1-10(2)14-8-7-13(16-12(5)6)9-15(14)11(3)4/h10-11,13-16H,5,7-9H2,1-4,6H3. The van der Waals surface area contributed by atoms with Gasteiger partial charge in [0.2, 0.25) is 0 Å². The van der Waals surface area contributed by atoms with Gasteiger partial charge in [-0.05, 0) is 49.9 Å². The third kappa shape index (κ3) is 3.54. The van der Waals surface area contributed by atoms with Gasteiger partial charge in [-0.2, -0.15) is 0 Å². The molecule has 0 heterocycles. The Labute approximate surface area is 102 Å². The minimum atomic E-state index is 0.667. The molecule has 1 nitrogen and oxygen atoms in total. The van der Waals surface area contributed by atoms with Crippen molar-refractivity contribution in [1.82, 2.24) is 5.32 Å². The van der Waals surface area contributed by atoms with Crippen molar-refractivity contribution in [2.24, 2.45) is 23.7 Å². The fourth-order valence-corrected chi connectivity index (χ4v) is 3.30. The predicted molar refractivity (Wildman–Crippen MR) is 72.2 cm³/mol. The SMILES string of the molecule is C=C(C)NC1CCC(C(C)C)C(C(C)C)C1. The molecule has 0 bridgehead atoms. The second-order valence-corrected chi connectivity index (χ2v) is 6.25. The second-order valence-electron chi connectivity index (χ2n) is 6.25. The number of nitrogens with one attached hydrogen (secondary N) is 1. The van der Waals surface area contributed by atoms with Crippen molar-refractivity contribution in [3.8, 4) is 0 Å². The minimum absolute atomic E-state index is 0.667. The van der Waals surface area contributed by atoms with Gasteiger partial charge in [-0.25, -0.2) is 0 Å². The normalized spacial score (nSPS) is 30.8. The molecule has 3 atom stereocenters. The van der Waals surface area contributed by atoms with Gasteiger partial charge in [-0.1, -0.05) is 34.3 Å². The van der Waals surface area contributed by atoms with Crippen LogP contribution in [-0.2, 0) is 0 Å². The molecule has 1 saturated carbocycles. The quantitative estimate of drug-likeness (QED) is 0.753. The highest BCUT2D eigenvalue weighted by Gasteiger charge is 2.33. The van der Waals surface area contributed by atoms with Crippen LogP contribution in [0, 0.1) is 23.7 Å². The van der Waals surface area contributed by atoms with Crippen LogP contribution in [0.4, 0.5) is 0 Å². The zero-order valence-electron chi connectivity index (χ0n) is 11.7. The fraction of sp³-hybridized carbons (Fsp3) is 0.867. The molecule has 0 aromatic rings. The maximum atomic E-state index is 3.96. The summed E-state index contributed by atoms with van der Waals surface area (Å²) in [5, 5.41) is 3.53. The average molecular weight is 223 g/mol. The van der Waals surface area contributed by atoms with Gasteiger partial charge in [0.25, 0.3) is 0 Å². The second kappa shape index (κ2) is 5.75. The van der Waals surface area contributed by atoms with E-state index in [0.29, 0.717) is 6.04 Å². The zero-order valence-corrected chi connectivity index (χ0v) is 11.7. The summed E-state index contributed by atoms with van der Waals surface area (Å²) in [5.74, 6) is 3.44. The molecular formula is C15H29N. The Morgan fingerprint density at radius 2 is 1.62 bits per heavy atom. The largest absolute Gasteiger partial charge is 0.386 e. The maximum absolute atomic E-state index is 3.96. The first-order chi connectivity index (χ1) is 7.41. The van der Waals surface area contributed by atoms with Crippen molar-refractivity contribution in [1.29, 1.82) is 0 Å². The Kier molecular flexibility index (Phi) is 4.89. The fourth-order valence-electron chi connectivity index (χ4n) is 3.30. The van der Waals surface area contributed by atoms with Crippen LogP contribution >= 0.6 is 0 Å². The molecule has 0 radical (unpaired) electrons. The smallest absolute Gasteiger partial charge is 0.0260 e. The molecule has 0 spiro atoms. The van der Waals surface area contributed by atoms with Gasteiger partial charge >= 0.3 is 0 Å². The summed E-state index contributed by atoms with van der Waals surface area (Å²) >= 11 is 0. The van der Waals surface area contributed by atoms with Crippen molar-refractivity contribution in [3.05, 3.63) is 12.3 Å². The third-order valence-corrected chi connectivity index (χ3v) is 4.12. The van der Waals surface area contributed by atoms with Crippen LogP contribution in [-0.4, -0.2) is 6.04 Å². The highest BCUT2D eigenvalue weighted by Crippen LogP contribution is 2.39. The van der Waals surface area contributed by atoms with Crippen LogP contribution < -0.4 is 5.32 Å². The summed E-state index contributed by atoms with van der Waals surface area (Å²) in [6.45, 7) is 15.5. The summed E-state index contributed by atoms with van der Waals surface area (Å²) in [4.78, 5) is 0. The van der Waals surface area contributed by atoms with E-state index in [2.05, 4.69) is 46.5 Å². The third-order valence-electron chi connectivity index (χ3n) is 4.12. The van der Waals surface area contributed by atoms with E-state index in [1.54, 1.807) is 0 Å². The molecule has 0 aliphatic heterocycles. The molecule has 0 aromatic carbocycles. The predicted octanol–water partition coefficient (Wildman–Crippen LogP) is 4.21. The zero-order chi connectivity index (χ0) is 12.3. The Hall–Kier alpha value is -0.460. The summed E-state index contributed by atoms with van der Waals surface area (Å²) in [6, 6.07) is 0.667. The number of hydrogen-bond acceptors (Lipinski definition) is 1. The number of rotatable bonds is 4. The van der Waals surface area contributed by atoms with Crippen LogP contribution in [0.1, 0.15) is 53.9 Å². The van der Waals surface area contributed by atoms with E-state index < -0.39 is 0 Å². The Bertz CT molecular complexity index is 230. The first kappa shape index (κ1) is 13.6. The van der Waals surface area contributed by atoms with Gasteiger partial charge in [0.1, 0.15) is 0 Å². The summed E-state index contributed by atoms with van der Waals surface area (Å²) in [5.41, 5.74) is 1.12. The molecule has 1 aliphatic rings. The molecule has 3 unspecified atom stereocenters. The van der Waals surface area contributed by atoms with Gasteiger partial charge in [0.05, 0.1) is 0 Å². The van der Waals surface area contributed by atoms with Gasteiger partial charge in [0.15, 0.2) is 0 Å². The summed E-state index contributed by atoms with van der Waals surface area (Å²) in [6.07, 6.45) is 4.03. The Morgan fingerprint density at radius 3 is 2.06 bits per heavy atom.